The van der Waals surface area contributed by atoms with Crippen LogP contribution in [-0.4, -0.2) is 22.1 Å². The SMILES string of the molecule is Cc1noc(C)c1CN1C(=O)Cc2cc(C(=O)O)ccc21. The Morgan fingerprint density at radius 1 is 1.43 bits per heavy atom. The number of aromatic nitrogens is 1. The van der Waals surface area contributed by atoms with E-state index >= 15 is 0 Å². The zero-order valence-corrected chi connectivity index (χ0v) is 11.7. The van der Waals surface area contributed by atoms with Gasteiger partial charge in [0.2, 0.25) is 5.91 Å². The van der Waals surface area contributed by atoms with Crippen LogP contribution in [0.2, 0.25) is 0 Å². The average Bonchev–Trinajstić information content (AvgIpc) is 2.92. The van der Waals surface area contributed by atoms with E-state index in [0.717, 1.165) is 22.5 Å². The number of hydrogen-bond acceptors (Lipinski definition) is 4. The molecule has 21 heavy (non-hydrogen) atoms. The Labute approximate surface area is 121 Å². The maximum Gasteiger partial charge on any atom is 0.335 e. The lowest BCUT2D eigenvalue weighted by atomic mass is 10.1. The molecule has 6 heteroatoms. The predicted molar refractivity (Wildman–Crippen MR) is 74.3 cm³/mol. The van der Waals surface area contributed by atoms with Crippen molar-refractivity contribution in [3.63, 3.8) is 0 Å². The number of aryl methyl sites for hydroxylation is 2. The molecule has 0 bridgehead atoms. The molecule has 2 aromatic rings. The maximum absolute atomic E-state index is 12.2. The van der Waals surface area contributed by atoms with Crippen LogP contribution in [-0.2, 0) is 17.8 Å². The van der Waals surface area contributed by atoms with Crippen LogP contribution < -0.4 is 4.90 Å². The fraction of sp³-hybridized carbons (Fsp3) is 0.267. The number of carbonyl (C=O) groups is 2. The number of anilines is 1. The van der Waals surface area contributed by atoms with Gasteiger partial charge in [0.05, 0.1) is 24.2 Å². The summed E-state index contributed by atoms with van der Waals surface area (Å²) < 4.78 is 5.11. The van der Waals surface area contributed by atoms with Crippen molar-refractivity contribution >= 4 is 17.6 Å². The number of rotatable bonds is 3. The third-order valence-electron chi connectivity index (χ3n) is 3.76. The summed E-state index contributed by atoms with van der Waals surface area (Å²) in [5.74, 6) is -0.349. The number of fused-ring (bicyclic) bond motifs is 1. The molecular weight excluding hydrogens is 272 g/mol. The molecule has 6 nitrogen and oxygen atoms in total. The third kappa shape index (κ3) is 2.18. The van der Waals surface area contributed by atoms with Crippen LogP contribution in [0.4, 0.5) is 5.69 Å². The van der Waals surface area contributed by atoms with Gasteiger partial charge in [-0.2, -0.15) is 0 Å². The van der Waals surface area contributed by atoms with E-state index in [1.165, 1.54) is 6.07 Å². The van der Waals surface area contributed by atoms with Gasteiger partial charge in [0.25, 0.3) is 0 Å². The summed E-state index contributed by atoms with van der Waals surface area (Å²) in [4.78, 5) is 24.8. The van der Waals surface area contributed by atoms with Gasteiger partial charge in [0, 0.05) is 11.3 Å². The van der Waals surface area contributed by atoms with Gasteiger partial charge in [-0.15, -0.1) is 0 Å². The minimum absolute atomic E-state index is 0.0486. The van der Waals surface area contributed by atoms with Crippen LogP contribution in [0, 0.1) is 13.8 Å². The molecule has 2 heterocycles. The van der Waals surface area contributed by atoms with E-state index in [0.29, 0.717) is 12.3 Å². The molecule has 108 valence electrons. The van der Waals surface area contributed by atoms with E-state index in [-0.39, 0.29) is 17.9 Å². The highest BCUT2D eigenvalue weighted by Crippen LogP contribution is 2.32. The maximum atomic E-state index is 12.2. The van der Waals surface area contributed by atoms with Crippen LogP contribution in [0.5, 0.6) is 0 Å². The smallest absolute Gasteiger partial charge is 0.335 e. The van der Waals surface area contributed by atoms with E-state index in [2.05, 4.69) is 5.16 Å². The van der Waals surface area contributed by atoms with Gasteiger partial charge < -0.3 is 14.5 Å². The molecule has 0 saturated carbocycles. The van der Waals surface area contributed by atoms with Gasteiger partial charge in [-0.25, -0.2) is 4.79 Å². The molecule has 0 aliphatic carbocycles. The van der Waals surface area contributed by atoms with E-state index in [4.69, 9.17) is 9.63 Å². The van der Waals surface area contributed by atoms with Crippen molar-refractivity contribution in [2.24, 2.45) is 0 Å². The fourth-order valence-electron chi connectivity index (χ4n) is 2.58. The lowest BCUT2D eigenvalue weighted by molar-refractivity contribution is -0.117. The van der Waals surface area contributed by atoms with Crippen LogP contribution >= 0.6 is 0 Å². The molecule has 3 rings (SSSR count). The molecular formula is C15H14N2O4. The van der Waals surface area contributed by atoms with Gasteiger partial charge in [-0.1, -0.05) is 5.16 Å². The summed E-state index contributed by atoms with van der Waals surface area (Å²) in [5.41, 5.74) is 3.34. The largest absolute Gasteiger partial charge is 0.478 e. The first-order chi connectivity index (χ1) is 9.97. The number of carbonyl (C=O) groups excluding carboxylic acids is 1. The van der Waals surface area contributed by atoms with Gasteiger partial charge in [0.1, 0.15) is 5.76 Å². The van der Waals surface area contributed by atoms with Gasteiger partial charge in [0.15, 0.2) is 0 Å². The Kier molecular flexibility index (Phi) is 3.01. The highest BCUT2D eigenvalue weighted by atomic mass is 16.5. The van der Waals surface area contributed by atoms with Crippen LogP contribution in [0.15, 0.2) is 22.7 Å². The lowest BCUT2D eigenvalue weighted by Gasteiger charge is -2.17. The summed E-state index contributed by atoms with van der Waals surface area (Å²) in [6, 6.07) is 4.75. The minimum Gasteiger partial charge on any atom is -0.478 e. The molecule has 0 radical (unpaired) electrons. The Bertz CT molecular complexity index is 729. The second kappa shape index (κ2) is 4.73. The van der Waals surface area contributed by atoms with Gasteiger partial charge in [-0.3, -0.25) is 4.79 Å². The van der Waals surface area contributed by atoms with E-state index in [1.54, 1.807) is 17.0 Å². The molecule has 1 N–H and O–H groups in total. The number of carboxylic acids is 1. The summed E-state index contributed by atoms with van der Waals surface area (Å²) in [5, 5.41) is 12.9. The molecule has 0 atom stereocenters. The highest BCUT2D eigenvalue weighted by Gasteiger charge is 2.29. The molecule has 1 aliphatic heterocycles. The molecule has 1 aromatic heterocycles. The Hall–Kier alpha value is -2.63. The highest BCUT2D eigenvalue weighted by molar-refractivity contribution is 6.02. The van der Waals surface area contributed by atoms with Crippen LogP contribution in [0.3, 0.4) is 0 Å². The summed E-state index contributed by atoms with van der Waals surface area (Å²) >= 11 is 0. The third-order valence-corrected chi connectivity index (χ3v) is 3.76. The quantitative estimate of drug-likeness (QED) is 0.933. The average molecular weight is 286 g/mol. The molecule has 1 aromatic carbocycles. The molecule has 0 spiro atoms. The first kappa shape index (κ1) is 13.4. The number of aromatic carboxylic acids is 1. The van der Waals surface area contributed by atoms with Crippen molar-refractivity contribution in [1.29, 1.82) is 0 Å². The first-order valence-electron chi connectivity index (χ1n) is 6.55. The number of amides is 1. The summed E-state index contributed by atoms with van der Waals surface area (Å²) in [6.45, 7) is 4.03. The molecule has 1 amide bonds. The van der Waals surface area contributed by atoms with E-state index in [1.807, 2.05) is 13.8 Å². The van der Waals surface area contributed by atoms with Crippen LogP contribution in [0.25, 0.3) is 0 Å². The van der Waals surface area contributed by atoms with Crippen molar-refractivity contribution in [3.8, 4) is 0 Å². The predicted octanol–water partition coefficient (Wildman–Crippen LogP) is 2.08. The number of carboxylic acid groups (broad SMARTS) is 1. The van der Waals surface area contributed by atoms with Crippen molar-refractivity contribution in [2.75, 3.05) is 4.90 Å². The number of hydrogen-bond donors (Lipinski definition) is 1. The van der Waals surface area contributed by atoms with Crippen molar-refractivity contribution in [1.82, 2.24) is 5.16 Å². The Balaban J connectivity index is 1.96. The molecule has 0 saturated heterocycles. The van der Waals surface area contributed by atoms with Gasteiger partial charge in [-0.05, 0) is 37.6 Å². The second-order valence-corrected chi connectivity index (χ2v) is 5.11. The number of benzene rings is 1. The van der Waals surface area contributed by atoms with Gasteiger partial charge >= 0.3 is 5.97 Å². The molecule has 0 unspecified atom stereocenters. The standard InChI is InChI=1S/C15H14N2O4/c1-8-12(9(2)21-16-8)7-17-13-4-3-10(15(19)20)5-11(13)6-14(17)18/h3-5H,6-7H2,1-2H3,(H,19,20). The zero-order chi connectivity index (χ0) is 15.1. The Morgan fingerprint density at radius 2 is 2.19 bits per heavy atom. The van der Waals surface area contributed by atoms with Crippen molar-refractivity contribution < 1.29 is 19.2 Å². The zero-order valence-electron chi connectivity index (χ0n) is 11.7. The lowest BCUT2D eigenvalue weighted by Crippen LogP contribution is -2.26. The summed E-state index contributed by atoms with van der Waals surface area (Å²) in [6.07, 6.45) is 0.222. The van der Waals surface area contributed by atoms with E-state index in [9.17, 15) is 9.59 Å². The fourth-order valence-corrected chi connectivity index (χ4v) is 2.58. The Morgan fingerprint density at radius 3 is 2.81 bits per heavy atom. The van der Waals surface area contributed by atoms with Crippen LogP contribution in [0.1, 0.15) is 32.9 Å². The monoisotopic (exact) mass is 286 g/mol. The minimum atomic E-state index is -0.991. The molecule has 1 aliphatic rings. The topological polar surface area (TPSA) is 83.6 Å². The van der Waals surface area contributed by atoms with Crippen molar-refractivity contribution in [2.45, 2.75) is 26.8 Å². The normalized spacial score (nSPS) is 13.6. The number of nitrogens with zero attached hydrogens (tertiary/aromatic N) is 2. The second-order valence-electron chi connectivity index (χ2n) is 5.11. The first-order valence-corrected chi connectivity index (χ1v) is 6.55. The van der Waals surface area contributed by atoms with E-state index < -0.39 is 5.97 Å². The molecule has 0 fully saturated rings. The van der Waals surface area contributed by atoms with Crippen molar-refractivity contribution in [3.05, 3.63) is 46.3 Å². The summed E-state index contributed by atoms with van der Waals surface area (Å²) in [7, 11) is 0.